The highest BCUT2D eigenvalue weighted by atomic mass is 16.5. The number of carbonyl (C=O) groups is 1. The number of aromatic carboxylic acids is 1. The number of carboxylic acids is 1. The molecule has 0 saturated heterocycles. The van der Waals surface area contributed by atoms with E-state index in [9.17, 15) is 9.90 Å². The largest absolute Gasteiger partial charge is 0.487 e. The molecule has 0 aromatic carbocycles. The van der Waals surface area contributed by atoms with Gasteiger partial charge in [-0.05, 0) is 32.6 Å². The first kappa shape index (κ1) is 15.5. The minimum absolute atomic E-state index is 0.0744. The fourth-order valence-electron chi connectivity index (χ4n) is 2.92. The van der Waals surface area contributed by atoms with E-state index in [0.717, 1.165) is 12.8 Å². The van der Waals surface area contributed by atoms with Crippen LogP contribution in [0.4, 0.5) is 0 Å². The van der Waals surface area contributed by atoms with Crippen molar-refractivity contribution >= 4 is 5.97 Å². The van der Waals surface area contributed by atoms with Gasteiger partial charge in [-0.1, -0.05) is 6.42 Å². The molecule has 1 aliphatic rings. The molecule has 2 heterocycles. The van der Waals surface area contributed by atoms with Crippen molar-refractivity contribution in [3.8, 4) is 17.1 Å². The van der Waals surface area contributed by atoms with E-state index in [1.54, 1.807) is 13.2 Å². The topological polar surface area (TPSA) is 90.1 Å². The van der Waals surface area contributed by atoms with E-state index in [1.807, 2.05) is 6.92 Å². The average molecular weight is 316 g/mol. The zero-order valence-electron chi connectivity index (χ0n) is 13.3. The van der Waals surface area contributed by atoms with E-state index in [-0.39, 0.29) is 11.8 Å². The average Bonchev–Trinajstić information content (AvgIpc) is 2.92. The maximum absolute atomic E-state index is 11.4. The molecule has 7 nitrogen and oxygen atoms in total. The van der Waals surface area contributed by atoms with Crippen LogP contribution in [0.1, 0.15) is 48.3 Å². The first-order valence-corrected chi connectivity index (χ1v) is 7.82. The molecule has 1 N–H and O–H groups in total. The van der Waals surface area contributed by atoms with Gasteiger partial charge in [0.2, 0.25) is 0 Å². The zero-order chi connectivity index (χ0) is 16.4. The van der Waals surface area contributed by atoms with Crippen LogP contribution in [0.25, 0.3) is 11.4 Å². The van der Waals surface area contributed by atoms with Gasteiger partial charge in [0.1, 0.15) is 0 Å². The predicted octanol–water partition coefficient (Wildman–Crippen LogP) is 2.60. The monoisotopic (exact) mass is 316 g/mol. The summed E-state index contributed by atoms with van der Waals surface area (Å²) in [5, 5.41) is 13.3. The van der Waals surface area contributed by atoms with Crippen molar-refractivity contribution in [2.24, 2.45) is 7.05 Å². The minimum Gasteiger partial charge on any atom is -0.487 e. The van der Waals surface area contributed by atoms with Crippen LogP contribution in [-0.4, -0.2) is 36.9 Å². The van der Waals surface area contributed by atoms with Gasteiger partial charge < -0.3 is 9.84 Å². The maximum atomic E-state index is 11.4. The summed E-state index contributed by atoms with van der Waals surface area (Å²) in [6.45, 7) is 1.85. The molecule has 3 rings (SSSR count). The van der Waals surface area contributed by atoms with E-state index in [0.29, 0.717) is 22.8 Å². The lowest BCUT2D eigenvalue weighted by Crippen LogP contribution is -2.20. The fourth-order valence-corrected chi connectivity index (χ4v) is 2.92. The number of hydrogen-bond acceptors (Lipinski definition) is 5. The molecule has 1 fully saturated rings. The Morgan fingerprint density at radius 2 is 2.04 bits per heavy atom. The molecule has 7 heteroatoms. The lowest BCUT2D eigenvalue weighted by molar-refractivity contribution is 0.0686. The summed E-state index contributed by atoms with van der Waals surface area (Å²) in [5.41, 5.74) is 1.19. The number of aromatic nitrogens is 4. The molecule has 0 bridgehead atoms. The maximum Gasteiger partial charge on any atom is 0.354 e. The van der Waals surface area contributed by atoms with Crippen molar-refractivity contribution in [2.45, 2.75) is 45.1 Å². The van der Waals surface area contributed by atoms with Crippen LogP contribution in [0.5, 0.6) is 5.75 Å². The van der Waals surface area contributed by atoms with Crippen molar-refractivity contribution < 1.29 is 14.6 Å². The second-order valence-corrected chi connectivity index (χ2v) is 5.86. The molecule has 1 aliphatic carbocycles. The van der Waals surface area contributed by atoms with Gasteiger partial charge >= 0.3 is 5.97 Å². The summed E-state index contributed by atoms with van der Waals surface area (Å²) < 4.78 is 7.31. The molecule has 0 atom stereocenters. The molecule has 2 aromatic rings. The highest BCUT2D eigenvalue weighted by molar-refractivity contribution is 5.92. The smallest absolute Gasteiger partial charge is 0.354 e. The molecule has 0 radical (unpaired) electrons. The summed E-state index contributed by atoms with van der Waals surface area (Å²) >= 11 is 0. The summed E-state index contributed by atoms with van der Waals surface area (Å²) in [6.07, 6.45) is 9.11. The number of aryl methyl sites for hydroxylation is 2. The zero-order valence-corrected chi connectivity index (χ0v) is 13.3. The first-order valence-electron chi connectivity index (χ1n) is 7.82. The second kappa shape index (κ2) is 6.36. The third-order valence-electron chi connectivity index (χ3n) is 4.16. The standard InChI is InChI=1S/C16H20N4O3/c1-10-13(23-11-6-4-3-5-7-11)9-17-15(19-10)12-8-18-20(2)14(12)16(21)22/h8-9,11H,3-7H2,1-2H3,(H,21,22). The van der Waals surface area contributed by atoms with Crippen LogP contribution in [0.3, 0.4) is 0 Å². The van der Waals surface area contributed by atoms with Gasteiger partial charge in [-0.25, -0.2) is 14.8 Å². The van der Waals surface area contributed by atoms with Crippen LogP contribution in [0.2, 0.25) is 0 Å². The number of rotatable bonds is 4. The number of carboxylic acid groups (broad SMARTS) is 1. The third kappa shape index (κ3) is 3.18. The van der Waals surface area contributed by atoms with Crippen molar-refractivity contribution in [3.05, 3.63) is 23.8 Å². The van der Waals surface area contributed by atoms with E-state index in [1.165, 1.54) is 30.1 Å². The molecule has 0 amide bonds. The van der Waals surface area contributed by atoms with Crippen molar-refractivity contribution in [1.82, 2.24) is 19.7 Å². The van der Waals surface area contributed by atoms with Gasteiger partial charge in [0.25, 0.3) is 0 Å². The van der Waals surface area contributed by atoms with Gasteiger partial charge in [-0.15, -0.1) is 0 Å². The fraction of sp³-hybridized carbons (Fsp3) is 0.500. The van der Waals surface area contributed by atoms with Gasteiger partial charge in [-0.3, -0.25) is 4.68 Å². The number of hydrogen-bond donors (Lipinski definition) is 1. The Bertz CT molecular complexity index is 720. The van der Waals surface area contributed by atoms with E-state index in [2.05, 4.69) is 15.1 Å². The Balaban J connectivity index is 1.86. The Morgan fingerprint density at radius 3 is 2.70 bits per heavy atom. The number of ether oxygens (including phenoxy) is 1. The highest BCUT2D eigenvalue weighted by Gasteiger charge is 2.21. The van der Waals surface area contributed by atoms with Crippen LogP contribution >= 0.6 is 0 Å². The molecule has 0 aliphatic heterocycles. The van der Waals surface area contributed by atoms with E-state index in [4.69, 9.17) is 4.74 Å². The lowest BCUT2D eigenvalue weighted by atomic mass is 9.98. The lowest BCUT2D eigenvalue weighted by Gasteiger charge is -2.23. The molecular weight excluding hydrogens is 296 g/mol. The van der Waals surface area contributed by atoms with Gasteiger partial charge in [0.05, 0.1) is 29.8 Å². The summed E-state index contributed by atoms with van der Waals surface area (Å²) in [5.74, 6) is -0.0332. The summed E-state index contributed by atoms with van der Waals surface area (Å²) in [6, 6.07) is 0. The Hall–Kier alpha value is -2.44. The molecule has 2 aromatic heterocycles. The van der Waals surface area contributed by atoms with Gasteiger partial charge in [0, 0.05) is 7.05 Å². The SMILES string of the molecule is Cc1nc(-c2cnn(C)c2C(=O)O)ncc1OC1CCCCC1. The Morgan fingerprint density at radius 1 is 1.30 bits per heavy atom. The molecule has 1 saturated carbocycles. The predicted molar refractivity (Wildman–Crippen MR) is 83.4 cm³/mol. The number of nitrogens with zero attached hydrogens (tertiary/aromatic N) is 4. The molecule has 23 heavy (non-hydrogen) atoms. The van der Waals surface area contributed by atoms with Gasteiger partial charge in [-0.2, -0.15) is 5.10 Å². The van der Waals surface area contributed by atoms with Crippen molar-refractivity contribution in [1.29, 1.82) is 0 Å². The molecule has 0 spiro atoms. The summed E-state index contributed by atoms with van der Waals surface area (Å²) in [4.78, 5) is 20.0. The van der Waals surface area contributed by atoms with Crippen LogP contribution in [0, 0.1) is 6.92 Å². The molecule has 122 valence electrons. The van der Waals surface area contributed by atoms with E-state index >= 15 is 0 Å². The molecular formula is C16H20N4O3. The first-order chi connectivity index (χ1) is 11.1. The van der Waals surface area contributed by atoms with E-state index < -0.39 is 5.97 Å². The van der Waals surface area contributed by atoms with Crippen molar-refractivity contribution in [2.75, 3.05) is 0 Å². The Labute approximate surface area is 134 Å². The van der Waals surface area contributed by atoms with Crippen molar-refractivity contribution in [3.63, 3.8) is 0 Å². The van der Waals surface area contributed by atoms with Gasteiger partial charge in [0.15, 0.2) is 17.3 Å². The Kier molecular flexibility index (Phi) is 4.27. The van der Waals surface area contributed by atoms with Crippen LogP contribution in [0.15, 0.2) is 12.4 Å². The van der Waals surface area contributed by atoms with Crippen LogP contribution < -0.4 is 4.74 Å². The third-order valence-corrected chi connectivity index (χ3v) is 4.16. The van der Waals surface area contributed by atoms with Crippen LogP contribution in [-0.2, 0) is 7.05 Å². The summed E-state index contributed by atoms with van der Waals surface area (Å²) in [7, 11) is 1.58. The minimum atomic E-state index is -1.05. The normalized spacial score (nSPS) is 15.6. The quantitative estimate of drug-likeness (QED) is 0.932. The highest BCUT2D eigenvalue weighted by Crippen LogP contribution is 2.27. The second-order valence-electron chi connectivity index (χ2n) is 5.86. The molecule has 0 unspecified atom stereocenters.